The fourth-order valence-corrected chi connectivity index (χ4v) is 7.05. The number of hydrogen-bond acceptors (Lipinski definition) is 5. The van der Waals surface area contributed by atoms with Crippen LogP contribution in [0.25, 0.3) is 0 Å². The molecule has 2 bridgehead atoms. The average Bonchev–Trinajstić information content (AvgIpc) is 3.36. The van der Waals surface area contributed by atoms with Crippen LogP contribution < -0.4 is 10.1 Å². The van der Waals surface area contributed by atoms with E-state index in [1.54, 1.807) is 0 Å². The van der Waals surface area contributed by atoms with Crippen molar-refractivity contribution in [2.75, 3.05) is 5.32 Å². The van der Waals surface area contributed by atoms with Crippen molar-refractivity contribution in [1.82, 2.24) is 4.98 Å². The molecule has 4 aromatic rings. The number of nitrogens with zero attached hydrogens (tertiary/aromatic N) is 2. The predicted molar refractivity (Wildman–Crippen MR) is 150 cm³/mol. The van der Waals surface area contributed by atoms with Crippen LogP contribution >= 0.6 is 11.3 Å². The molecule has 7 rings (SSSR count). The van der Waals surface area contributed by atoms with Gasteiger partial charge in [0.05, 0.1) is 23.3 Å². The van der Waals surface area contributed by atoms with Crippen LogP contribution in [-0.2, 0) is 16.6 Å². The van der Waals surface area contributed by atoms with E-state index in [-0.39, 0.29) is 17.9 Å². The van der Waals surface area contributed by atoms with Gasteiger partial charge in [0.15, 0.2) is 5.13 Å². The van der Waals surface area contributed by atoms with Crippen molar-refractivity contribution in [1.29, 1.82) is 5.26 Å². The Balaban J connectivity index is 1.26. The zero-order valence-electron chi connectivity index (χ0n) is 21.7. The van der Waals surface area contributed by atoms with Gasteiger partial charge in [0, 0.05) is 17.7 Å². The predicted octanol–water partition coefficient (Wildman–Crippen LogP) is 6.82. The number of hydrogen-bond donors (Lipinski definition) is 1. The largest absolute Gasteiger partial charge is 0.491 e. The molecule has 6 heteroatoms. The van der Waals surface area contributed by atoms with Crippen LogP contribution in [0.15, 0.2) is 78.2 Å². The summed E-state index contributed by atoms with van der Waals surface area (Å²) in [6.07, 6.45) is 1.24. The average molecular weight is 520 g/mol. The van der Waals surface area contributed by atoms with Gasteiger partial charge in [-0.1, -0.05) is 60.7 Å². The normalized spacial score (nSPS) is 22.9. The van der Waals surface area contributed by atoms with E-state index >= 15 is 0 Å². The highest BCUT2D eigenvalue weighted by Crippen LogP contribution is 2.63. The van der Waals surface area contributed by atoms with Crippen LogP contribution in [0.5, 0.6) is 5.75 Å². The van der Waals surface area contributed by atoms with Crippen molar-refractivity contribution in [2.45, 2.75) is 51.0 Å². The summed E-state index contributed by atoms with van der Waals surface area (Å²) in [5.41, 5.74) is 4.58. The molecular weight excluding hydrogens is 490 g/mol. The summed E-state index contributed by atoms with van der Waals surface area (Å²) in [6.45, 7) is 6.02. The van der Waals surface area contributed by atoms with Gasteiger partial charge in [-0.2, -0.15) is 5.26 Å². The van der Waals surface area contributed by atoms with Gasteiger partial charge in [0.1, 0.15) is 11.2 Å². The number of nitriles is 1. The van der Waals surface area contributed by atoms with E-state index in [1.807, 2.05) is 86.8 Å². The van der Waals surface area contributed by atoms with Gasteiger partial charge in [0.2, 0.25) is 5.91 Å². The number of fused-ring (bicyclic) bond motifs is 1. The number of anilines is 1. The van der Waals surface area contributed by atoms with Crippen LogP contribution in [-0.4, -0.2) is 17.0 Å². The van der Waals surface area contributed by atoms with E-state index < -0.39 is 10.8 Å². The molecule has 0 saturated carbocycles. The number of carbonyl (C=O) groups is 1. The Morgan fingerprint density at radius 3 is 2.32 bits per heavy atom. The van der Waals surface area contributed by atoms with E-state index in [0.717, 1.165) is 39.3 Å². The number of amides is 1. The van der Waals surface area contributed by atoms with Crippen LogP contribution in [0.2, 0.25) is 0 Å². The van der Waals surface area contributed by atoms with E-state index in [1.165, 1.54) is 11.3 Å². The van der Waals surface area contributed by atoms with Crippen molar-refractivity contribution in [2.24, 2.45) is 5.41 Å². The number of thiazole rings is 1. The molecule has 1 amide bonds. The lowest BCUT2D eigenvalue weighted by Crippen LogP contribution is -2.53. The molecule has 190 valence electrons. The molecule has 1 unspecified atom stereocenters. The fourth-order valence-electron chi connectivity index (χ4n) is 6.34. The third-order valence-corrected chi connectivity index (χ3v) is 8.70. The number of benzene rings is 3. The van der Waals surface area contributed by atoms with Gasteiger partial charge in [-0.3, -0.25) is 4.79 Å². The van der Waals surface area contributed by atoms with Crippen molar-refractivity contribution in [3.63, 3.8) is 0 Å². The number of nitrogens with one attached hydrogen (secondary N) is 1. The first-order valence-electron chi connectivity index (χ1n) is 13.0. The first kappa shape index (κ1) is 24.4. The monoisotopic (exact) mass is 519 g/mol. The zero-order chi connectivity index (χ0) is 26.5. The molecule has 38 heavy (non-hydrogen) atoms. The standard InChI is InChI=1S/C32H29N3O2S/c1-20(2)37-23-14-12-21(13-15-23)16-22-17-38-30(34-22)35-29(36)31(3)18-32(19-33)26-10-6-4-8-24(26)28(31)25-9-5-7-11-27(25)32/h4-15,17,20,28H,16,18H2,1-3H3,(H,34,35,36). The van der Waals surface area contributed by atoms with E-state index in [0.29, 0.717) is 18.0 Å². The van der Waals surface area contributed by atoms with Crippen LogP contribution in [0.1, 0.15) is 66.6 Å². The fraction of sp³-hybridized carbons (Fsp3) is 0.281. The summed E-state index contributed by atoms with van der Waals surface area (Å²) in [6, 6.07) is 26.9. The third kappa shape index (κ3) is 3.81. The van der Waals surface area contributed by atoms with Gasteiger partial charge in [-0.05, 0) is 67.1 Å². The Bertz CT molecular complexity index is 1520. The van der Waals surface area contributed by atoms with Crippen molar-refractivity contribution in [3.05, 3.63) is 112 Å². The van der Waals surface area contributed by atoms with Crippen molar-refractivity contribution >= 4 is 22.4 Å². The molecule has 0 saturated heterocycles. The lowest BCUT2D eigenvalue weighted by Gasteiger charge is -2.54. The molecule has 3 aliphatic carbocycles. The minimum atomic E-state index is -0.854. The summed E-state index contributed by atoms with van der Waals surface area (Å²) >= 11 is 1.43. The van der Waals surface area contributed by atoms with Gasteiger partial charge in [-0.25, -0.2) is 4.98 Å². The lowest BCUT2D eigenvalue weighted by atomic mass is 9.47. The quantitative estimate of drug-likeness (QED) is 0.303. The topological polar surface area (TPSA) is 75.0 Å². The van der Waals surface area contributed by atoms with Crippen molar-refractivity contribution < 1.29 is 9.53 Å². The van der Waals surface area contributed by atoms with Gasteiger partial charge in [-0.15, -0.1) is 11.3 Å². The number of rotatable bonds is 6. The molecule has 0 fully saturated rings. The second-order valence-corrected chi connectivity index (χ2v) is 11.7. The molecule has 3 aromatic carbocycles. The van der Waals surface area contributed by atoms with Gasteiger partial charge in [0.25, 0.3) is 0 Å². The van der Waals surface area contributed by atoms with E-state index in [2.05, 4.69) is 23.5 Å². The molecule has 0 spiro atoms. The maximum Gasteiger partial charge on any atom is 0.233 e. The smallest absolute Gasteiger partial charge is 0.233 e. The second kappa shape index (κ2) is 9.11. The first-order chi connectivity index (χ1) is 18.3. The summed E-state index contributed by atoms with van der Waals surface area (Å²) in [5, 5.41) is 16.3. The highest BCUT2D eigenvalue weighted by atomic mass is 32.1. The molecule has 1 aromatic heterocycles. The van der Waals surface area contributed by atoms with Crippen molar-refractivity contribution in [3.8, 4) is 11.8 Å². The Hall–Kier alpha value is -3.95. The SMILES string of the molecule is CC(C)Oc1ccc(Cc2csc(NC(=O)C3(C)CC4(C#N)c5ccccc5C3c3ccccc34)n2)cc1. The van der Waals surface area contributed by atoms with E-state index in [9.17, 15) is 10.1 Å². The van der Waals surface area contributed by atoms with Gasteiger partial charge < -0.3 is 10.1 Å². The molecule has 1 heterocycles. The number of aromatic nitrogens is 1. The Labute approximate surface area is 227 Å². The molecule has 3 aliphatic rings. The maximum absolute atomic E-state index is 14.0. The number of carbonyl (C=O) groups excluding carboxylic acids is 1. The minimum Gasteiger partial charge on any atom is -0.491 e. The molecule has 5 nitrogen and oxygen atoms in total. The maximum atomic E-state index is 14.0. The van der Waals surface area contributed by atoms with E-state index in [4.69, 9.17) is 9.72 Å². The minimum absolute atomic E-state index is 0.0952. The third-order valence-electron chi connectivity index (χ3n) is 7.89. The summed E-state index contributed by atoms with van der Waals surface area (Å²) in [5.74, 6) is 0.627. The number of ether oxygens (including phenoxy) is 1. The Morgan fingerprint density at radius 2 is 1.71 bits per heavy atom. The van der Waals surface area contributed by atoms with Crippen LogP contribution in [0.4, 0.5) is 5.13 Å². The highest BCUT2D eigenvalue weighted by molar-refractivity contribution is 7.13. The highest BCUT2D eigenvalue weighted by Gasteiger charge is 2.61. The van der Waals surface area contributed by atoms with Gasteiger partial charge >= 0.3 is 0 Å². The summed E-state index contributed by atoms with van der Waals surface area (Å²) < 4.78 is 5.73. The molecule has 1 atom stereocenters. The molecule has 0 radical (unpaired) electrons. The lowest BCUT2D eigenvalue weighted by molar-refractivity contribution is -0.127. The van der Waals surface area contributed by atoms with Crippen LogP contribution in [0.3, 0.4) is 0 Å². The zero-order valence-corrected chi connectivity index (χ0v) is 22.5. The summed E-state index contributed by atoms with van der Waals surface area (Å²) in [4.78, 5) is 18.7. The molecule has 1 N–H and O–H groups in total. The second-order valence-electron chi connectivity index (χ2n) is 10.8. The Morgan fingerprint density at radius 1 is 1.08 bits per heavy atom. The Kier molecular flexibility index (Phi) is 5.85. The molecular formula is C32H29N3O2S. The first-order valence-corrected chi connectivity index (χ1v) is 13.8. The van der Waals surface area contributed by atoms with Crippen LogP contribution in [0, 0.1) is 16.7 Å². The summed E-state index contributed by atoms with van der Waals surface area (Å²) in [7, 11) is 0. The molecule has 0 aliphatic heterocycles.